The summed E-state index contributed by atoms with van der Waals surface area (Å²) in [7, 11) is 0. The van der Waals surface area contributed by atoms with E-state index >= 15 is 0 Å². The Kier molecular flexibility index (Phi) is 6.64. The largest absolute Gasteiger partial charge is 0.492 e. The van der Waals surface area contributed by atoms with Crippen molar-refractivity contribution in [1.82, 2.24) is 10.2 Å². The summed E-state index contributed by atoms with van der Waals surface area (Å²) < 4.78 is 5.77. The van der Waals surface area contributed by atoms with Gasteiger partial charge in [-0.2, -0.15) is 0 Å². The quantitative estimate of drug-likeness (QED) is 0.837. The Morgan fingerprint density at radius 3 is 2.80 bits per heavy atom. The lowest BCUT2D eigenvalue weighted by molar-refractivity contribution is 0.179. The van der Waals surface area contributed by atoms with E-state index in [2.05, 4.69) is 17.1 Å². The molecule has 4 heteroatoms. The van der Waals surface area contributed by atoms with Gasteiger partial charge in [0.15, 0.2) is 0 Å². The van der Waals surface area contributed by atoms with Gasteiger partial charge in [-0.1, -0.05) is 18.5 Å². The SMILES string of the molecule is CCN(CCOc1ccc(Cl)cc1)CC1CCCNC1. The molecule has 1 fully saturated rings. The molecule has 1 unspecified atom stereocenters. The van der Waals surface area contributed by atoms with Gasteiger partial charge in [0.2, 0.25) is 0 Å². The standard InChI is InChI=1S/C16H25ClN2O/c1-2-19(13-14-4-3-9-18-12-14)10-11-20-16-7-5-15(17)6-8-16/h5-8,14,18H,2-4,9-13H2,1H3. The van der Waals surface area contributed by atoms with Gasteiger partial charge in [0, 0.05) is 18.1 Å². The van der Waals surface area contributed by atoms with Crippen molar-refractivity contribution in [3.8, 4) is 5.75 Å². The Morgan fingerprint density at radius 2 is 2.15 bits per heavy atom. The molecule has 0 bridgehead atoms. The van der Waals surface area contributed by atoms with Crippen LogP contribution in [0.2, 0.25) is 5.02 Å². The minimum atomic E-state index is 0.732. The third kappa shape index (κ3) is 5.31. The van der Waals surface area contributed by atoms with E-state index in [9.17, 15) is 0 Å². The van der Waals surface area contributed by atoms with Crippen LogP contribution in [0.25, 0.3) is 0 Å². The van der Waals surface area contributed by atoms with E-state index in [0.717, 1.165) is 42.9 Å². The molecule has 0 radical (unpaired) electrons. The lowest BCUT2D eigenvalue weighted by Gasteiger charge is -2.29. The molecule has 1 atom stereocenters. The number of likely N-dealkylation sites (N-methyl/N-ethyl adjacent to an activating group) is 1. The predicted octanol–water partition coefficient (Wildman–Crippen LogP) is 3.04. The summed E-state index contributed by atoms with van der Waals surface area (Å²) in [5, 5.41) is 4.23. The molecule has 0 amide bonds. The Morgan fingerprint density at radius 1 is 1.35 bits per heavy atom. The van der Waals surface area contributed by atoms with Gasteiger partial charge in [-0.25, -0.2) is 0 Å². The number of halogens is 1. The van der Waals surface area contributed by atoms with Crippen molar-refractivity contribution in [3.63, 3.8) is 0 Å². The Labute approximate surface area is 127 Å². The number of piperidine rings is 1. The molecular formula is C16H25ClN2O. The summed E-state index contributed by atoms with van der Waals surface area (Å²) in [5.41, 5.74) is 0. The summed E-state index contributed by atoms with van der Waals surface area (Å²) in [5.74, 6) is 1.68. The van der Waals surface area contributed by atoms with Crippen molar-refractivity contribution in [1.29, 1.82) is 0 Å². The van der Waals surface area contributed by atoms with Gasteiger partial charge in [0.25, 0.3) is 0 Å². The fourth-order valence-corrected chi connectivity index (χ4v) is 2.77. The molecule has 112 valence electrons. The molecule has 0 aliphatic carbocycles. The average molecular weight is 297 g/mol. The van der Waals surface area contributed by atoms with E-state index in [4.69, 9.17) is 16.3 Å². The Bertz CT molecular complexity index is 377. The topological polar surface area (TPSA) is 24.5 Å². The van der Waals surface area contributed by atoms with E-state index in [1.165, 1.54) is 25.9 Å². The highest BCUT2D eigenvalue weighted by Gasteiger charge is 2.15. The molecule has 1 N–H and O–H groups in total. The van der Waals surface area contributed by atoms with E-state index in [1.807, 2.05) is 24.3 Å². The molecule has 1 aromatic carbocycles. The molecule has 1 aliphatic heterocycles. The Balaban J connectivity index is 1.68. The number of nitrogens with zero attached hydrogens (tertiary/aromatic N) is 1. The highest BCUT2D eigenvalue weighted by Crippen LogP contribution is 2.16. The zero-order valence-electron chi connectivity index (χ0n) is 12.3. The van der Waals surface area contributed by atoms with Crippen molar-refractivity contribution in [2.75, 3.05) is 39.3 Å². The minimum Gasteiger partial charge on any atom is -0.492 e. The van der Waals surface area contributed by atoms with E-state index in [1.54, 1.807) is 0 Å². The highest BCUT2D eigenvalue weighted by molar-refractivity contribution is 6.30. The molecule has 1 heterocycles. The van der Waals surface area contributed by atoms with Crippen LogP contribution in [0, 0.1) is 5.92 Å². The highest BCUT2D eigenvalue weighted by atomic mass is 35.5. The number of nitrogens with one attached hydrogen (secondary N) is 1. The average Bonchev–Trinajstić information content (AvgIpc) is 2.49. The van der Waals surface area contributed by atoms with Gasteiger partial charge in [0.1, 0.15) is 12.4 Å². The molecule has 1 aliphatic rings. The van der Waals surface area contributed by atoms with Crippen LogP contribution >= 0.6 is 11.6 Å². The number of rotatable bonds is 7. The number of benzene rings is 1. The van der Waals surface area contributed by atoms with Gasteiger partial charge in [-0.3, -0.25) is 4.90 Å². The summed E-state index contributed by atoms with van der Waals surface area (Å²) in [6.45, 7) is 8.54. The summed E-state index contributed by atoms with van der Waals surface area (Å²) in [4.78, 5) is 2.48. The Hall–Kier alpha value is -0.770. The van der Waals surface area contributed by atoms with Gasteiger partial charge < -0.3 is 10.1 Å². The zero-order chi connectivity index (χ0) is 14.2. The molecule has 1 saturated heterocycles. The van der Waals surface area contributed by atoms with Gasteiger partial charge in [-0.15, -0.1) is 0 Å². The summed E-state index contributed by atoms with van der Waals surface area (Å²) in [6, 6.07) is 7.57. The summed E-state index contributed by atoms with van der Waals surface area (Å²) in [6.07, 6.45) is 2.66. The van der Waals surface area contributed by atoms with Crippen molar-refractivity contribution in [2.45, 2.75) is 19.8 Å². The first kappa shape index (κ1) is 15.6. The molecule has 0 aromatic heterocycles. The second kappa shape index (κ2) is 8.50. The van der Waals surface area contributed by atoms with Crippen molar-refractivity contribution in [2.24, 2.45) is 5.92 Å². The fourth-order valence-electron chi connectivity index (χ4n) is 2.65. The van der Waals surface area contributed by atoms with E-state index < -0.39 is 0 Å². The maximum absolute atomic E-state index is 5.86. The van der Waals surface area contributed by atoms with Crippen LogP contribution in [-0.2, 0) is 0 Å². The number of hydrogen-bond acceptors (Lipinski definition) is 3. The van der Waals surface area contributed by atoms with Crippen LogP contribution in [0.3, 0.4) is 0 Å². The number of ether oxygens (including phenoxy) is 1. The maximum Gasteiger partial charge on any atom is 0.119 e. The smallest absolute Gasteiger partial charge is 0.119 e. The van der Waals surface area contributed by atoms with Crippen LogP contribution in [0.1, 0.15) is 19.8 Å². The van der Waals surface area contributed by atoms with Crippen LogP contribution in [0.5, 0.6) is 5.75 Å². The van der Waals surface area contributed by atoms with Crippen molar-refractivity contribution < 1.29 is 4.74 Å². The first-order valence-electron chi connectivity index (χ1n) is 7.59. The van der Waals surface area contributed by atoms with Crippen LogP contribution in [0.4, 0.5) is 0 Å². The van der Waals surface area contributed by atoms with E-state index in [-0.39, 0.29) is 0 Å². The lowest BCUT2D eigenvalue weighted by Crippen LogP contribution is -2.39. The first-order chi connectivity index (χ1) is 9.78. The lowest BCUT2D eigenvalue weighted by atomic mass is 9.99. The minimum absolute atomic E-state index is 0.732. The fraction of sp³-hybridized carbons (Fsp3) is 0.625. The monoisotopic (exact) mass is 296 g/mol. The van der Waals surface area contributed by atoms with Crippen molar-refractivity contribution in [3.05, 3.63) is 29.3 Å². The van der Waals surface area contributed by atoms with Crippen LogP contribution in [-0.4, -0.2) is 44.2 Å². The van der Waals surface area contributed by atoms with E-state index in [0.29, 0.717) is 0 Å². The normalized spacial score (nSPS) is 19.2. The van der Waals surface area contributed by atoms with Crippen LogP contribution < -0.4 is 10.1 Å². The van der Waals surface area contributed by atoms with Gasteiger partial charge in [-0.05, 0) is 62.7 Å². The van der Waals surface area contributed by atoms with Crippen molar-refractivity contribution >= 4 is 11.6 Å². The molecule has 2 rings (SSSR count). The summed E-state index contributed by atoms with van der Waals surface area (Å²) >= 11 is 5.86. The third-order valence-corrected chi connectivity index (χ3v) is 4.10. The number of hydrogen-bond donors (Lipinski definition) is 1. The second-order valence-electron chi connectivity index (χ2n) is 5.41. The molecule has 0 spiro atoms. The molecule has 3 nitrogen and oxygen atoms in total. The predicted molar refractivity (Wildman–Crippen MR) is 84.7 cm³/mol. The molecule has 0 saturated carbocycles. The zero-order valence-corrected chi connectivity index (χ0v) is 13.0. The van der Waals surface area contributed by atoms with Gasteiger partial charge >= 0.3 is 0 Å². The second-order valence-corrected chi connectivity index (χ2v) is 5.84. The molecule has 20 heavy (non-hydrogen) atoms. The van der Waals surface area contributed by atoms with Gasteiger partial charge in [0.05, 0.1) is 0 Å². The maximum atomic E-state index is 5.86. The van der Waals surface area contributed by atoms with Crippen LogP contribution in [0.15, 0.2) is 24.3 Å². The molecule has 1 aromatic rings. The first-order valence-corrected chi connectivity index (χ1v) is 7.97. The molecular weight excluding hydrogens is 272 g/mol. The third-order valence-electron chi connectivity index (χ3n) is 3.85.